The number of aldehydes is 1. The van der Waals surface area contributed by atoms with Crippen LogP contribution in [-0.2, 0) is 9.59 Å². The first-order valence-corrected chi connectivity index (χ1v) is 4.41. The van der Waals surface area contributed by atoms with E-state index >= 15 is 0 Å². The fraction of sp³-hybridized carbons (Fsp3) is 0.625. The van der Waals surface area contributed by atoms with E-state index in [1.807, 2.05) is 0 Å². The smallest absolute Gasteiger partial charge is 0.237 e. The van der Waals surface area contributed by atoms with E-state index in [1.54, 1.807) is 0 Å². The highest BCUT2D eigenvalue weighted by molar-refractivity contribution is 5.83. The molecule has 0 aliphatic carbocycles. The predicted molar refractivity (Wildman–Crippen MR) is 53.1 cm³/mol. The summed E-state index contributed by atoms with van der Waals surface area (Å²) >= 11 is 0. The van der Waals surface area contributed by atoms with Gasteiger partial charge in [-0.2, -0.15) is 0 Å². The molecule has 0 radical (unpaired) electrons. The number of hydrogen-bond acceptors (Lipinski definition) is 4. The molecule has 6 heteroatoms. The van der Waals surface area contributed by atoms with Crippen LogP contribution < -0.4 is 16.4 Å². The molecule has 14 heavy (non-hydrogen) atoms. The third-order valence-corrected chi connectivity index (χ3v) is 1.63. The van der Waals surface area contributed by atoms with Crippen LogP contribution in [0.4, 0.5) is 0 Å². The Morgan fingerprint density at radius 3 is 2.86 bits per heavy atom. The van der Waals surface area contributed by atoms with Gasteiger partial charge in [-0.3, -0.25) is 10.2 Å². The zero-order valence-electron chi connectivity index (χ0n) is 7.95. The summed E-state index contributed by atoms with van der Waals surface area (Å²) in [6, 6.07) is -0.581. The van der Waals surface area contributed by atoms with Crippen LogP contribution in [0.2, 0.25) is 0 Å². The Bertz CT molecular complexity index is 196. The summed E-state index contributed by atoms with van der Waals surface area (Å²) < 4.78 is 0. The lowest BCUT2D eigenvalue weighted by Crippen LogP contribution is -2.41. The normalized spacial score (nSPS) is 11.5. The quantitative estimate of drug-likeness (QED) is 0.167. The Morgan fingerprint density at radius 1 is 1.57 bits per heavy atom. The first kappa shape index (κ1) is 12.6. The molecule has 0 spiro atoms. The summed E-state index contributed by atoms with van der Waals surface area (Å²) in [5, 5.41) is 11.7. The van der Waals surface area contributed by atoms with Crippen LogP contribution in [0.1, 0.15) is 12.8 Å². The van der Waals surface area contributed by atoms with Crippen LogP contribution in [0.5, 0.6) is 0 Å². The summed E-state index contributed by atoms with van der Waals surface area (Å²) in [6.07, 6.45) is 2.95. The topological polar surface area (TPSA) is 108 Å². The molecule has 0 bridgehead atoms. The van der Waals surface area contributed by atoms with Crippen molar-refractivity contribution in [3.63, 3.8) is 0 Å². The number of nitrogens with one attached hydrogen (secondary N) is 3. The second-order valence-electron chi connectivity index (χ2n) is 2.76. The van der Waals surface area contributed by atoms with Crippen molar-refractivity contribution in [2.24, 2.45) is 5.73 Å². The van der Waals surface area contributed by atoms with E-state index < -0.39 is 6.04 Å². The SMILES string of the molecule is N=CNCCC[C@H](N)C(=O)NCC=O. The second kappa shape index (κ2) is 8.18. The average Bonchev–Trinajstić information content (AvgIpc) is 2.20. The Hall–Kier alpha value is -1.43. The van der Waals surface area contributed by atoms with Gasteiger partial charge in [-0.25, -0.2) is 0 Å². The molecule has 0 rings (SSSR count). The van der Waals surface area contributed by atoms with E-state index in [1.165, 1.54) is 0 Å². The molecular weight excluding hydrogens is 184 g/mol. The minimum atomic E-state index is -0.581. The monoisotopic (exact) mass is 200 g/mol. The summed E-state index contributed by atoms with van der Waals surface area (Å²) in [4.78, 5) is 21.0. The highest BCUT2D eigenvalue weighted by atomic mass is 16.2. The molecule has 0 aromatic rings. The third-order valence-electron chi connectivity index (χ3n) is 1.63. The average molecular weight is 200 g/mol. The highest BCUT2D eigenvalue weighted by Crippen LogP contribution is 1.92. The summed E-state index contributed by atoms with van der Waals surface area (Å²) in [6.45, 7) is 0.628. The Morgan fingerprint density at radius 2 is 2.29 bits per heavy atom. The molecule has 0 aliphatic heterocycles. The molecule has 1 atom stereocenters. The molecule has 0 fully saturated rings. The van der Waals surface area contributed by atoms with Crippen molar-refractivity contribution in [1.82, 2.24) is 10.6 Å². The first-order chi connectivity index (χ1) is 6.72. The molecule has 0 aromatic heterocycles. The number of amides is 1. The van der Waals surface area contributed by atoms with Crippen LogP contribution in [0.25, 0.3) is 0 Å². The van der Waals surface area contributed by atoms with Crippen LogP contribution in [0.15, 0.2) is 0 Å². The fourth-order valence-electron chi connectivity index (χ4n) is 0.901. The molecule has 0 aromatic carbocycles. The standard InChI is InChI=1S/C8H16N4O2/c9-6-11-3-1-2-7(10)8(14)12-4-5-13/h5-7H,1-4,10H2,(H2,9,11)(H,12,14)/t7-/m0/s1. The van der Waals surface area contributed by atoms with E-state index in [9.17, 15) is 9.59 Å². The molecule has 0 unspecified atom stereocenters. The van der Waals surface area contributed by atoms with Gasteiger partial charge >= 0.3 is 0 Å². The molecule has 0 saturated carbocycles. The molecule has 0 saturated heterocycles. The number of hydrogen-bond donors (Lipinski definition) is 4. The third kappa shape index (κ3) is 6.13. The van der Waals surface area contributed by atoms with Gasteiger partial charge < -0.3 is 21.2 Å². The number of carbonyl (C=O) groups excluding carboxylic acids is 2. The van der Waals surface area contributed by atoms with Crippen molar-refractivity contribution in [1.29, 1.82) is 5.41 Å². The maximum Gasteiger partial charge on any atom is 0.237 e. The van der Waals surface area contributed by atoms with Gasteiger partial charge in [-0.15, -0.1) is 0 Å². The zero-order valence-corrected chi connectivity index (χ0v) is 7.95. The van der Waals surface area contributed by atoms with Crippen molar-refractivity contribution in [2.75, 3.05) is 13.1 Å². The van der Waals surface area contributed by atoms with Crippen molar-refractivity contribution in [2.45, 2.75) is 18.9 Å². The van der Waals surface area contributed by atoms with Crippen LogP contribution in [0.3, 0.4) is 0 Å². The lowest BCUT2D eigenvalue weighted by Gasteiger charge is -2.10. The van der Waals surface area contributed by atoms with E-state index in [0.29, 0.717) is 25.7 Å². The predicted octanol–water partition coefficient (Wildman–Crippen LogP) is -1.39. The second-order valence-corrected chi connectivity index (χ2v) is 2.76. The van der Waals surface area contributed by atoms with Gasteiger partial charge in [0.25, 0.3) is 0 Å². The van der Waals surface area contributed by atoms with Gasteiger partial charge in [0.05, 0.1) is 18.9 Å². The molecular formula is C8H16N4O2. The molecule has 5 N–H and O–H groups in total. The van der Waals surface area contributed by atoms with Crippen molar-refractivity contribution in [3.05, 3.63) is 0 Å². The lowest BCUT2D eigenvalue weighted by molar-refractivity contribution is -0.123. The number of nitrogens with two attached hydrogens (primary N) is 1. The molecule has 6 nitrogen and oxygen atoms in total. The fourth-order valence-corrected chi connectivity index (χ4v) is 0.901. The Balaban J connectivity index is 3.50. The van der Waals surface area contributed by atoms with E-state index in [2.05, 4.69) is 10.6 Å². The van der Waals surface area contributed by atoms with Gasteiger partial charge in [0.2, 0.25) is 5.91 Å². The van der Waals surface area contributed by atoms with E-state index in [0.717, 1.165) is 6.34 Å². The largest absolute Gasteiger partial charge is 0.377 e. The first-order valence-electron chi connectivity index (χ1n) is 4.41. The van der Waals surface area contributed by atoms with Gasteiger partial charge in [0.1, 0.15) is 6.29 Å². The van der Waals surface area contributed by atoms with E-state index in [4.69, 9.17) is 11.1 Å². The maximum absolute atomic E-state index is 11.1. The summed E-state index contributed by atoms with van der Waals surface area (Å²) in [7, 11) is 0. The van der Waals surface area contributed by atoms with E-state index in [-0.39, 0.29) is 12.5 Å². The van der Waals surface area contributed by atoms with Gasteiger partial charge in [-0.1, -0.05) is 0 Å². The summed E-state index contributed by atoms with van der Waals surface area (Å²) in [5.74, 6) is -0.313. The Labute approximate surface area is 82.7 Å². The molecule has 80 valence electrons. The van der Waals surface area contributed by atoms with Crippen molar-refractivity contribution < 1.29 is 9.59 Å². The van der Waals surface area contributed by atoms with Crippen molar-refractivity contribution in [3.8, 4) is 0 Å². The van der Waals surface area contributed by atoms with Gasteiger partial charge in [0, 0.05) is 6.54 Å². The number of carbonyl (C=O) groups is 2. The highest BCUT2D eigenvalue weighted by Gasteiger charge is 2.11. The minimum absolute atomic E-state index is 0.00524. The van der Waals surface area contributed by atoms with Crippen LogP contribution >= 0.6 is 0 Å². The summed E-state index contributed by atoms with van der Waals surface area (Å²) in [5.41, 5.74) is 5.53. The maximum atomic E-state index is 11.1. The van der Waals surface area contributed by atoms with Crippen molar-refractivity contribution >= 4 is 18.5 Å². The molecule has 0 aliphatic rings. The lowest BCUT2D eigenvalue weighted by atomic mass is 10.1. The zero-order chi connectivity index (χ0) is 10.8. The Kier molecular flexibility index (Phi) is 7.35. The number of rotatable bonds is 8. The molecule has 1 amide bonds. The van der Waals surface area contributed by atoms with Crippen LogP contribution in [-0.4, -0.2) is 37.7 Å². The van der Waals surface area contributed by atoms with Gasteiger partial charge in [0.15, 0.2) is 0 Å². The minimum Gasteiger partial charge on any atom is -0.377 e. The van der Waals surface area contributed by atoms with Crippen LogP contribution in [0, 0.1) is 5.41 Å². The molecule has 0 heterocycles. The van der Waals surface area contributed by atoms with Gasteiger partial charge in [-0.05, 0) is 12.8 Å².